The van der Waals surface area contributed by atoms with Crippen molar-refractivity contribution < 1.29 is 19.8 Å². The van der Waals surface area contributed by atoms with Crippen LogP contribution in [0.4, 0.5) is 0 Å². The van der Waals surface area contributed by atoms with E-state index in [1.54, 1.807) is 23.5 Å². The van der Waals surface area contributed by atoms with Gasteiger partial charge < -0.3 is 10.2 Å². The fourth-order valence-corrected chi connectivity index (χ4v) is 5.44. The third-order valence-corrected chi connectivity index (χ3v) is 7.67. The molecule has 178 valence electrons. The highest BCUT2D eigenvalue weighted by atomic mass is 32.2. The average molecular weight is 479 g/mol. The van der Waals surface area contributed by atoms with Crippen LogP contribution >= 0.6 is 23.5 Å². The summed E-state index contributed by atoms with van der Waals surface area (Å²) in [6.07, 6.45) is 11.9. The Balaban J connectivity index is 2.46. The quantitative estimate of drug-likeness (QED) is 0.136. The zero-order chi connectivity index (χ0) is 23.4. The van der Waals surface area contributed by atoms with E-state index in [1.807, 2.05) is 0 Å². The highest BCUT2D eigenvalue weighted by molar-refractivity contribution is 8.17. The third-order valence-electron chi connectivity index (χ3n) is 4.97. The van der Waals surface area contributed by atoms with Crippen LogP contribution in [0.5, 0.6) is 0 Å². The summed E-state index contributed by atoms with van der Waals surface area (Å²) in [6.45, 7) is 2.25. The second-order valence-electron chi connectivity index (χ2n) is 7.91. The molecule has 1 rings (SSSR count). The van der Waals surface area contributed by atoms with Gasteiger partial charge in [-0.3, -0.25) is 9.59 Å². The largest absolute Gasteiger partial charge is 0.481 e. The van der Waals surface area contributed by atoms with Crippen molar-refractivity contribution in [1.82, 2.24) is 0 Å². The van der Waals surface area contributed by atoms with Gasteiger partial charge in [0.2, 0.25) is 0 Å². The number of hydrogen-bond acceptors (Lipinski definition) is 4. The maximum atomic E-state index is 10.7. The fraction of sp³-hybridized carbons (Fsp3) is 0.615. The number of carboxylic acids is 2. The lowest BCUT2D eigenvalue weighted by atomic mass is 10.0. The summed E-state index contributed by atoms with van der Waals surface area (Å²) in [6, 6.07) is 8.47. The number of aryl methyl sites for hydroxylation is 1. The number of benzene rings is 1. The Kier molecular flexibility index (Phi) is 16.8. The minimum atomic E-state index is -0.779. The molecule has 0 atom stereocenters. The van der Waals surface area contributed by atoms with E-state index in [9.17, 15) is 9.59 Å². The van der Waals surface area contributed by atoms with Gasteiger partial charge in [-0.2, -0.15) is 0 Å². The van der Waals surface area contributed by atoms with Gasteiger partial charge in [0.25, 0.3) is 0 Å². The van der Waals surface area contributed by atoms with Crippen LogP contribution < -0.4 is 0 Å². The highest BCUT2D eigenvalue weighted by Crippen LogP contribution is 2.25. The number of rotatable bonds is 18. The molecule has 0 spiro atoms. The first kappa shape index (κ1) is 28.5. The van der Waals surface area contributed by atoms with Crippen molar-refractivity contribution in [2.75, 3.05) is 11.5 Å². The van der Waals surface area contributed by atoms with Crippen molar-refractivity contribution in [1.29, 1.82) is 0 Å². The summed E-state index contributed by atoms with van der Waals surface area (Å²) in [5.74, 6) is 6.44. The zero-order valence-electron chi connectivity index (χ0n) is 19.3. The van der Waals surface area contributed by atoms with Crippen LogP contribution in [0.15, 0.2) is 24.3 Å². The average Bonchev–Trinajstić information content (AvgIpc) is 2.77. The van der Waals surface area contributed by atoms with E-state index in [0.717, 1.165) is 23.5 Å². The molecule has 2 N–H and O–H groups in total. The molecule has 0 heterocycles. The van der Waals surface area contributed by atoms with Gasteiger partial charge in [-0.25, -0.2) is 0 Å². The molecule has 4 nitrogen and oxygen atoms in total. The summed E-state index contributed by atoms with van der Waals surface area (Å²) in [4.78, 5) is 21.4. The smallest absolute Gasteiger partial charge is 0.303 e. The van der Waals surface area contributed by atoms with E-state index in [2.05, 4.69) is 43.0 Å². The molecule has 0 aliphatic rings. The predicted octanol–water partition coefficient (Wildman–Crippen LogP) is 6.85. The van der Waals surface area contributed by atoms with Gasteiger partial charge in [0.05, 0.1) is 0 Å². The topological polar surface area (TPSA) is 74.6 Å². The van der Waals surface area contributed by atoms with E-state index in [0.29, 0.717) is 12.8 Å². The minimum absolute atomic E-state index is 0.0185. The van der Waals surface area contributed by atoms with Crippen LogP contribution in [-0.4, -0.2) is 38.2 Å². The monoisotopic (exact) mass is 478 g/mol. The molecule has 6 heteroatoms. The first-order chi connectivity index (χ1) is 15.5. The molecule has 0 aromatic heterocycles. The fourth-order valence-electron chi connectivity index (χ4n) is 3.14. The van der Waals surface area contributed by atoms with Crippen molar-refractivity contribution >= 4 is 35.5 Å². The summed E-state index contributed by atoms with van der Waals surface area (Å²) in [5, 5.41) is 17.6. The lowest BCUT2D eigenvalue weighted by molar-refractivity contribution is -0.138. The number of aliphatic carboxylic acids is 2. The number of carboxylic acid groups (broad SMARTS) is 2. The first-order valence-electron chi connectivity index (χ1n) is 11.8. The maximum absolute atomic E-state index is 10.7. The van der Waals surface area contributed by atoms with Crippen molar-refractivity contribution in [3.8, 4) is 11.8 Å². The molecule has 0 aliphatic carbocycles. The first-order valence-corrected chi connectivity index (χ1v) is 13.9. The molecular weight excluding hydrogens is 440 g/mol. The molecule has 0 fully saturated rings. The summed E-state index contributed by atoms with van der Waals surface area (Å²) >= 11 is 3.29. The molecule has 0 amide bonds. The van der Waals surface area contributed by atoms with Crippen molar-refractivity contribution in [2.24, 2.45) is 0 Å². The number of thioether (sulfide) groups is 2. The van der Waals surface area contributed by atoms with E-state index in [-0.39, 0.29) is 17.4 Å². The van der Waals surface area contributed by atoms with E-state index >= 15 is 0 Å². The summed E-state index contributed by atoms with van der Waals surface area (Å²) in [7, 11) is 0. The number of hydrogen-bond donors (Lipinski definition) is 2. The Morgan fingerprint density at radius 2 is 1.34 bits per heavy atom. The molecule has 1 aromatic rings. The molecule has 0 aliphatic heterocycles. The Hall–Kier alpha value is -1.58. The number of unbranched alkanes of at least 4 members (excludes halogenated alkanes) is 6. The van der Waals surface area contributed by atoms with Crippen LogP contribution in [-0.2, 0) is 16.0 Å². The minimum Gasteiger partial charge on any atom is -0.481 e. The van der Waals surface area contributed by atoms with E-state index < -0.39 is 11.9 Å². The molecule has 0 saturated carbocycles. The molecule has 0 bridgehead atoms. The second kappa shape index (κ2) is 18.9. The lowest BCUT2D eigenvalue weighted by Gasteiger charge is -2.09. The van der Waals surface area contributed by atoms with Crippen LogP contribution in [0.1, 0.15) is 88.7 Å². The van der Waals surface area contributed by atoms with Crippen LogP contribution in [0.3, 0.4) is 0 Å². The van der Waals surface area contributed by atoms with Gasteiger partial charge in [-0.05, 0) is 54.9 Å². The van der Waals surface area contributed by atoms with Crippen LogP contribution in [0, 0.1) is 11.8 Å². The molecule has 0 saturated heterocycles. The van der Waals surface area contributed by atoms with E-state index in [4.69, 9.17) is 10.2 Å². The number of carbonyl (C=O) groups is 2. The van der Waals surface area contributed by atoms with Crippen molar-refractivity contribution in [3.05, 3.63) is 35.4 Å². The highest BCUT2D eigenvalue weighted by Gasteiger charge is 2.08. The van der Waals surface area contributed by atoms with Gasteiger partial charge in [0.1, 0.15) is 4.58 Å². The van der Waals surface area contributed by atoms with Crippen molar-refractivity contribution in [3.63, 3.8) is 0 Å². The molecular formula is C26H38O4S2. The van der Waals surface area contributed by atoms with Crippen molar-refractivity contribution in [2.45, 2.75) is 88.6 Å². The summed E-state index contributed by atoms with van der Waals surface area (Å²) < 4.78 is 0.0185. The molecule has 0 radical (unpaired) electrons. The standard InChI is InChI=1S/C26H38O4S2/c1-2-3-4-5-6-7-8-11-22-14-16-23(17-15-22)18-19-26(31-20-9-12-24(27)28)32-21-10-13-25(29)30/h14-17,26H,2-13,20-21H2,1H3,(H,27,28)(H,29,30). The van der Waals surface area contributed by atoms with Gasteiger partial charge in [-0.1, -0.05) is 69.4 Å². The maximum Gasteiger partial charge on any atom is 0.303 e. The normalized spacial score (nSPS) is 10.7. The van der Waals surface area contributed by atoms with Crippen LogP contribution in [0.2, 0.25) is 0 Å². The van der Waals surface area contributed by atoms with Gasteiger partial charge >= 0.3 is 11.9 Å². The Morgan fingerprint density at radius 3 is 1.88 bits per heavy atom. The third kappa shape index (κ3) is 16.1. The van der Waals surface area contributed by atoms with Gasteiger partial charge in [0, 0.05) is 18.4 Å². The molecule has 0 unspecified atom stereocenters. The molecule has 1 aromatic carbocycles. The summed E-state index contributed by atoms with van der Waals surface area (Å²) in [5.41, 5.74) is 2.34. The van der Waals surface area contributed by atoms with Crippen LogP contribution in [0.25, 0.3) is 0 Å². The SMILES string of the molecule is CCCCCCCCCc1ccc(C#CC(SCCCC(=O)O)SCCCC(=O)O)cc1. The van der Waals surface area contributed by atoms with Gasteiger partial charge in [0.15, 0.2) is 0 Å². The molecule has 32 heavy (non-hydrogen) atoms. The lowest BCUT2D eigenvalue weighted by Crippen LogP contribution is -2.01. The Labute approximate surface area is 202 Å². The Bertz CT molecular complexity index is 685. The van der Waals surface area contributed by atoms with E-state index in [1.165, 1.54) is 50.5 Å². The second-order valence-corrected chi connectivity index (χ2v) is 10.6. The predicted molar refractivity (Wildman–Crippen MR) is 137 cm³/mol. The zero-order valence-corrected chi connectivity index (χ0v) is 20.9. The van der Waals surface area contributed by atoms with Gasteiger partial charge in [-0.15, -0.1) is 23.5 Å². The Morgan fingerprint density at radius 1 is 0.812 bits per heavy atom.